The first kappa shape index (κ1) is 23.8. The zero-order valence-electron chi connectivity index (χ0n) is 16.7. The molecule has 0 fully saturated rings. The highest BCUT2D eigenvalue weighted by Gasteiger charge is 2.16. The average molecular weight is 536 g/mol. The van der Waals surface area contributed by atoms with Gasteiger partial charge in [0.1, 0.15) is 11.5 Å². The van der Waals surface area contributed by atoms with E-state index in [9.17, 15) is 9.59 Å². The van der Waals surface area contributed by atoms with Gasteiger partial charge in [0.05, 0.1) is 16.8 Å². The summed E-state index contributed by atoms with van der Waals surface area (Å²) < 4.78 is 11.6. The number of hydrogen-bond donors (Lipinski definition) is 1. The number of hydrogen-bond acceptors (Lipinski definition) is 5. The minimum Gasteiger partial charge on any atom is -0.479 e. The zero-order valence-corrected chi connectivity index (χ0v) is 19.8. The van der Waals surface area contributed by atoms with Crippen LogP contribution in [0.1, 0.15) is 22.8 Å². The van der Waals surface area contributed by atoms with Gasteiger partial charge in [-0.3, -0.25) is 4.79 Å². The molecule has 0 aliphatic carbocycles. The smallest absolute Gasteiger partial charge is 0.344 e. The van der Waals surface area contributed by atoms with Crippen LogP contribution in [-0.4, -0.2) is 24.2 Å². The van der Waals surface area contributed by atoms with Gasteiger partial charge in [-0.1, -0.05) is 35.3 Å². The molecule has 32 heavy (non-hydrogen) atoms. The highest BCUT2D eigenvalue weighted by Crippen LogP contribution is 2.28. The number of hydrazone groups is 1. The molecule has 0 radical (unpaired) electrons. The number of benzene rings is 3. The first-order valence-corrected chi connectivity index (χ1v) is 10.9. The number of nitrogens with one attached hydrogen (secondary N) is 1. The Bertz CT molecular complexity index is 1150. The van der Waals surface area contributed by atoms with Crippen LogP contribution in [0, 0.1) is 0 Å². The van der Waals surface area contributed by atoms with Crippen molar-refractivity contribution in [3.63, 3.8) is 0 Å². The molecule has 6 nitrogen and oxygen atoms in total. The van der Waals surface area contributed by atoms with Crippen LogP contribution in [0.2, 0.25) is 10.0 Å². The van der Waals surface area contributed by atoms with Gasteiger partial charge in [0.2, 0.25) is 0 Å². The van der Waals surface area contributed by atoms with Crippen LogP contribution < -0.4 is 14.9 Å². The maximum atomic E-state index is 12.2. The molecule has 0 bridgehead atoms. The van der Waals surface area contributed by atoms with Crippen molar-refractivity contribution in [2.45, 2.75) is 13.0 Å². The van der Waals surface area contributed by atoms with Gasteiger partial charge in [0.25, 0.3) is 5.91 Å². The second kappa shape index (κ2) is 11.1. The summed E-state index contributed by atoms with van der Waals surface area (Å²) in [7, 11) is 0. The second-order valence-corrected chi connectivity index (χ2v) is 8.21. The fraction of sp³-hybridized carbons (Fsp3) is 0.0870. The summed E-state index contributed by atoms with van der Waals surface area (Å²) in [6.07, 6.45) is 0.629. The summed E-state index contributed by atoms with van der Waals surface area (Å²) >= 11 is 15.2. The number of esters is 1. The van der Waals surface area contributed by atoms with E-state index in [2.05, 4.69) is 26.5 Å². The monoisotopic (exact) mass is 534 g/mol. The van der Waals surface area contributed by atoms with Crippen molar-refractivity contribution in [2.24, 2.45) is 5.10 Å². The summed E-state index contributed by atoms with van der Waals surface area (Å²) in [5.41, 5.74) is 3.52. The number of halogens is 3. The second-order valence-electron chi connectivity index (χ2n) is 6.51. The molecule has 1 amide bonds. The standard InChI is InChI=1S/C23H17BrCl2N2O4/c1-14(31-21-11-8-16(25)12-20(21)26)22(29)28-27-13-15-6-9-17(10-7-15)32-23(30)18-4-2-3-5-19(18)24/h2-14H,1H3,(H,28,29)/b27-13-/t14-/m1/s1. The molecule has 0 aliphatic rings. The van der Waals surface area contributed by atoms with E-state index >= 15 is 0 Å². The molecule has 0 heterocycles. The molecule has 3 rings (SSSR count). The third kappa shape index (κ3) is 6.56. The molecule has 0 aromatic heterocycles. The molecule has 3 aromatic carbocycles. The van der Waals surface area contributed by atoms with E-state index in [1.54, 1.807) is 61.5 Å². The Morgan fingerprint density at radius 3 is 2.47 bits per heavy atom. The third-order valence-electron chi connectivity index (χ3n) is 4.14. The van der Waals surface area contributed by atoms with Gasteiger partial charge in [-0.25, -0.2) is 10.2 Å². The van der Waals surface area contributed by atoms with Crippen LogP contribution in [0.3, 0.4) is 0 Å². The molecule has 3 aromatic rings. The molecule has 1 atom stereocenters. The SMILES string of the molecule is C[C@@H](Oc1ccc(Cl)cc1Cl)C(=O)N/N=C\c1ccc(OC(=O)c2ccccc2Br)cc1. The first-order valence-electron chi connectivity index (χ1n) is 9.35. The van der Waals surface area contributed by atoms with Crippen molar-refractivity contribution in [2.75, 3.05) is 0 Å². The van der Waals surface area contributed by atoms with E-state index < -0.39 is 18.0 Å². The summed E-state index contributed by atoms with van der Waals surface area (Å²) in [6, 6.07) is 18.4. The highest BCUT2D eigenvalue weighted by atomic mass is 79.9. The number of rotatable bonds is 7. The third-order valence-corrected chi connectivity index (χ3v) is 5.36. The normalized spacial score (nSPS) is 11.8. The van der Waals surface area contributed by atoms with Crippen LogP contribution in [0.25, 0.3) is 0 Å². The predicted octanol–water partition coefficient (Wildman–Crippen LogP) is 5.89. The lowest BCUT2D eigenvalue weighted by Gasteiger charge is -2.14. The fourth-order valence-electron chi connectivity index (χ4n) is 2.49. The summed E-state index contributed by atoms with van der Waals surface area (Å²) in [5, 5.41) is 4.69. The van der Waals surface area contributed by atoms with Crippen molar-refractivity contribution < 1.29 is 19.1 Å². The lowest BCUT2D eigenvalue weighted by Crippen LogP contribution is -2.33. The minimum atomic E-state index is -0.829. The summed E-state index contributed by atoms with van der Waals surface area (Å²) in [5.74, 6) is -0.198. The van der Waals surface area contributed by atoms with Crippen LogP contribution in [0.5, 0.6) is 11.5 Å². The maximum Gasteiger partial charge on any atom is 0.344 e. The van der Waals surface area contributed by atoms with Gasteiger partial charge in [-0.15, -0.1) is 0 Å². The van der Waals surface area contributed by atoms with Gasteiger partial charge in [-0.05, 0) is 83.0 Å². The van der Waals surface area contributed by atoms with Crippen molar-refractivity contribution in [1.29, 1.82) is 0 Å². The van der Waals surface area contributed by atoms with Gasteiger partial charge in [0, 0.05) is 9.50 Å². The van der Waals surface area contributed by atoms with E-state index in [0.717, 1.165) is 0 Å². The molecule has 0 unspecified atom stereocenters. The van der Waals surface area contributed by atoms with Crippen molar-refractivity contribution >= 4 is 57.2 Å². The minimum absolute atomic E-state index is 0.307. The fourth-order valence-corrected chi connectivity index (χ4v) is 3.39. The lowest BCUT2D eigenvalue weighted by molar-refractivity contribution is -0.127. The number of carbonyl (C=O) groups is 2. The average Bonchev–Trinajstić information content (AvgIpc) is 2.77. The van der Waals surface area contributed by atoms with Crippen LogP contribution in [-0.2, 0) is 4.79 Å². The molecule has 0 saturated carbocycles. The van der Waals surface area contributed by atoms with E-state index in [-0.39, 0.29) is 0 Å². The Morgan fingerprint density at radius 2 is 1.78 bits per heavy atom. The topological polar surface area (TPSA) is 77.0 Å². The Hall–Kier alpha value is -2.87. The van der Waals surface area contributed by atoms with Crippen LogP contribution in [0.4, 0.5) is 0 Å². The van der Waals surface area contributed by atoms with E-state index in [0.29, 0.717) is 37.1 Å². The Balaban J connectivity index is 1.52. The maximum absolute atomic E-state index is 12.2. The van der Waals surface area contributed by atoms with Crippen molar-refractivity contribution in [3.8, 4) is 11.5 Å². The molecular formula is C23H17BrCl2N2O4. The van der Waals surface area contributed by atoms with E-state index in [1.165, 1.54) is 12.3 Å². The number of amides is 1. The van der Waals surface area contributed by atoms with E-state index in [1.807, 2.05) is 6.07 Å². The molecule has 0 aliphatic heterocycles. The largest absolute Gasteiger partial charge is 0.479 e. The van der Waals surface area contributed by atoms with Crippen molar-refractivity contribution in [3.05, 3.63) is 92.4 Å². The highest BCUT2D eigenvalue weighted by molar-refractivity contribution is 9.10. The Labute approximate surface area is 203 Å². The number of nitrogens with zero attached hydrogens (tertiary/aromatic N) is 1. The van der Waals surface area contributed by atoms with Gasteiger partial charge in [0.15, 0.2) is 6.10 Å². The predicted molar refractivity (Wildman–Crippen MR) is 128 cm³/mol. The Kier molecular flexibility index (Phi) is 8.27. The Morgan fingerprint density at radius 1 is 1.06 bits per heavy atom. The number of ether oxygens (including phenoxy) is 2. The zero-order chi connectivity index (χ0) is 23.1. The summed E-state index contributed by atoms with van der Waals surface area (Å²) in [4.78, 5) is 24.4. The van der Waals surface area contributed by atoms with Gasteiger partial charge < -0.3 is 9.47 Å². The first-order chi connectivity index (χ1) is 15.3. The van der Waals surface area contributed by atoms with Crippen LogP contribution in [0.15, 0.2) is 76.3 Å². The van der Waals surface area contributed by atoms with Crippen LogP contribution >= 0.6 is 39.1 Å². The molecule has 1 N–H and O–H groups in total. The van der Waals surface area contributed by atoms with Crippen molar-refractivity contribution in [1.82, 2.24) is 5.43 Å². The van der Waals surface area contributed by atoms with Gasteiger partial charge >= 0.3 is 5.97 Å². The van der Waals surface area contributed by atoms with Gasteiger partial charge in [-0.2, -0.15) is 5.10 Å². The molecule has 0 saturated heterocycles. The lowest BCUT2D eigenvalue weighted by atomic mass is 10.2. The molecular weight excluding hydrogens is 519 g/mol. The quantitative estimate of drug-likeness (QED) is 0.177. The molecule has 0 spiro atoms. The summed E-state index contributed by atoms with van der Waals surface area (Å²) in [6.45, 7) is 1.57. The molecule has 164 valence electrons. The molecule has 9 heteroatoms. The van der Waals surface area contributed by atoms with E-state index in [4.69, 9.17) is 32.7 Å². The number of carbonyl (C=O) groups excluding carboxylic acids is 2.